The Labute approximate surface area is 223 Å². The zero-order valence-electron chi connectivity index (χ0n) is 22.6. The maximum atomic E-state index is 12.5. The second-order valence-electron chi connectivity index (χ2n) is 10.2. The van der Waals surface area contributed by atoms with Gasteiger partial charge in [0.15, 0.2) is 0 Å². The Morgan fingerprint density at radius 1 is 0.838 bits per heavy atom. The van der Waals surface area contributed by atoms with Gasteiger partial charge in [0.25, 0.3) is 0 Å². The fourth-order valence-electron chi connectivity index (χ4n) is 4.82. The number of nitriles is 1. The summed E-state index contributed by atoms with van der Waals surface area (Å²) in [6.45, 7) is 2.26. The molecule has 1 aliphatic carbocycles. The van der Waals surface area contributed by atoms with Crippen LogP contribution in [0.15, 0.2) is 48.6 Å². The number of carboxylic acids is 1. The number of carbonyl (C=O) groups excluding carboxylic acids is 1. The molecule has 37 heavy (non-hydrogen) atoms. The summed E-state index contributed by atoms with van der Waals surface area (Å²) in [6.07, 6.45) is 25.6. The number of carboxylic acid groups (broad SMARTS) is 1. The van der Waals surface area contributed by atoms with Gasteiger partial charge in [-0.1, -0.05) is 139 Å². The van der Waals surface area contributed by atoms with Crippen LogP contribution in [0.25, 0.3) is 0 Å². The van der Waals surface area contributed by atoms with Crippen LogP contribution in [0.4, 0.5) is 0 Å². The molecule has 0 amide bonds. The molecule has 5 nitrogen and oxygen atoms in total. The molecule has 1 aromatic rings. The smallest absolute Gasteiger partial charge is 0.314 e. The van der Waals surface area contributed by atoms with E-state index >= 15 is 0 Å². The van der Waals surface area contributed by atoms with E-state index in [9.17, 15) is 20.0 Å². The minimum atomic E-state index is -1.16. The van der Waals surface area contributed by atoms with Crippen molar-refractivity contribution in [1.29, 1.82) is 5.26 Å². The van der Waals surface area contributed by atoms with Crippen molar-refractivity contribution in [3.05, 3.63) is 54.1 Å². The average molecular weight is 508 g/mol. The molecule has 2 rings (SSSR count). The van der Waals surface area contributed by atoms with E-state index in [1.165, 1.54) is 89.2 Å². The van der Waals surface area contributed by atoms with E-state index in [0.29, 0.717) is 17.7 Å². The van der Waals surface area contributed by atoms with E-state index in [1.807, 2.05) is 0 Å². The van der Waals surface area contributed by atoms with Crippen LogP contribution in [0.2, 0.25) is 0 Å². The summed E-state index contributed by atoms with van der Waals surface area (Å²) in [5.41, 5.74) is -0.615. The lowest BCUT2D eigenvalue weighted by molar-refractivity contribution is -0.138. The number of hydrogen-bond acceptors (Lipinski definition) is 4. The van der Waals surface area contributed by atoms with Gasteiger partial charge in [-0.2, -0.15) is 5.26 Å². The summed E-state index contributed by atoms with van der Waals surface area (Å²) in [5.74, 6) is -1.69. The first-order valence-corrected chi connectivity index (χ1v) is 14.4. The summed E-state index contributed by atoms with van der Waals surface area (Å²) < 4.78 is 5.64. The molecule has 1 aromatic carbocycles. The summed E-state index contributed by atoms with van der Waals surface area (Å²) in [6, 6.07) is 9.23. The minimum absolute atomic E-state index is 0.303. The number of rotatable bonds is 19. The van der Waals surface area contributed by atoms with Crippen molar-refractivity contribution in [3.8, 4) is 11.8 Å². The van der Waals surface area contributed by atoms with Crippen LogP contribution in [-0.2, 0) is 15.0 Å². The Balaban J connectivity index is 1.62. The summed E-state index contributed by atoms with van der Waals surface area (Å²) in [7, 11) is 0. The number of ether oxygens (including phenoxy) is 1. The third-order valence-corrected chi connectivity index (χ3v) is 7.14. The van der Waals surface area contributed by atoms with Gasteiger partial charge in [-0.3, -0.25) is 9.59 Å². The number of carbonyl (C=O) groups is 2. The number of hydrogen-bond donors (Lipinski definition) is 1. The van der Waals surface area contributed by atoms with Crippen LogP contribution in [-0.4, -0.2) is 17.0 Å². The second-order valence-corrected chi connectivity index (χ2v) is 10.2. The van der Waals surface area contributed by atoms with Crippen molar-refractivity contribution < 1.29 is 19.4 Å². The third-order valence-electron chi connectivity index (χ3n) is 7.14. The molecule has 0 heterocycles. The zero-order chi connectivity index (χ0) is 26.8. The molecule has 0 saturated heterocycles. The van der Waals surface area contributed by atoms with Crippen molar-refractivity contribution in [2.24, 2.45) is 5.92 Å². The van der Waals surface area contributed by atoms with Crippen LogP contribution >= 0.6 is 0 Å². The molecule has 0 atom stereocenters. The van der Waals surface area contributed by atoms with Crippen LogP contribution < -0.4 is 4.74 Å². The molecule has 0 bridgehead atoms. The highest BCUT2D eigenvalue weighted by atomic mass is 16.5. The number of aliphatic carboxylic acids is 1. The number of esters is 1. The normalized spacial score (nSPS) is 18.4. The topological polar surface area (TPSA) is 87.4 Å². The standard InChI is InChI=1S/C32H45NO4/c1-2-3-4-5-6-7-8-9-10-11-12-13-14-15-16-21-30(34)37-29-20-18-17-19-28(29)32(26-33)24-22-27(23-25-32)31(35)36/h17-20,22-25,27H,2-16,21H2,1H3,(H,35,36). The Hall–Kier alpha value is -2.87. The number of para-hydroxylation sites is 1. The summed E-state index contributed by atoms with van der Waals surface area (Å²) in [4.78, 5) is 23.7. The first-order chi connectivity index (χ1) is 18.0. The molecule has 0 fully saturated rings. The number of unbranched alkanes of at least 4 members (excludes halogenated alkanes) is 14. The Kier molecular flexibility index (Phi) is 14.4. The fraction of sp³-hybridized carbons (Fsp3) is 0.594. The monoisotopic (exact) mass is 507 g/mol. The van der Waals surface area contributed by atoms with E-state index in [4.69, 9.17) is 4.74 Å². The first-order valence-electron chi connectivity index (χ1n) is 14.4. The Morgan fingerprint density at radius 2 is 1.32 bits per heavy atom. The van der Waals surface area contributed by atoms with Gasteiger partial charge < -0.3 is 9.84 Å². The molecule has 0 spiro atoms. The first kappa shape index (κ1) is 30.4. The van der Waals surface area contributed by atoms with Crippen molar-refractivity contribution in [2.75, 3.05) is 0 Å². The Morgan fingerprint density at radius 3 is 1.81 bits per heavy atom. The minimum Gasteiger partial charge on any atom is -0.481 e. The van der Waals surface area contributed by atoms with E-state index < -0.39 is 17.3 Å². The highest BCUT2D eigenvalue weighted by molar-refractivity contribution is 5.76. The third kappa shape index (κ3) is 11.0. The molecule has 0 saturated carbocycles. The Bertz CT molecular complexity index is 913. The van der Waals surface area contributed by atoms with E-state index in [-0.39, 0.29) is 5.97 Å². The van der Waals surface area contributed by atoms with E-state index in [1.54, 1.807) is 36.4 Å². The molecule has 202 valence electrons. The SMILES string of the molecule is CCCCCCCCCCCCCCCCCC(=O)Oc1ccccc1C1(C#N)C=CC(C(=O)O)C=C1. The lowest BCUT2D eigenvalue weighted by Gasteiger charge is -2.25. The molecule has 5 heteroatoms. The maximum absolute atomic E-state index is 12.5. The molecule has 1 N–H and O–H groups in total. The number of nitrogens with zero attached hydrogens (tertiary/aromatic N) is 1. The van der Waals surface area contributed by atoms with Crippen LogP contribution in [0, 0.1) is 17.2 Å². The van der Waals surface area contributed by atoms with Crippen LogP contribution in [0.3, 0.4) is 0 Å². The zero-order valence-corrected chi connectivity index (χ0v) is 22.6. The fourth-order valence-corrected chi connectivity index (χ4v) is 4.82. The van der Waals surface area contributed by atoms with Gasteiger partial charge in [-0.25, -0.2) is 0 Å². The van der Waals surface area contributed by atoms with Crippen molar-refractivity contribution in [3.63, 3.8) is 0 Å². The van der Waals surface area contributed by atoms with Crippen molar-refractivity contribution >= 4 is 11.9 Å². The van der Waals surface area contributed by atoms with Crippen LogP contribution in [0.5, 0.6) is 5.75 Å². The van der Waals surface area contributed by atoms with Gasteiger partial charge in [-0.15, -0.1) is 0 Å². The molecule has 1 aliphatic rings. The van der Waals surface area contributed by atoms with Crippen molar-refractivity contribution in [2.45, 2.75) is 115 Å². The second kappa shape index (κ2) is 17.6. The lowest BCUT2D eigenvalue weighted by Crippen LogP contribution is -2.25. The quantitative estimate of drug-likeness (QED) is 0.0878. The van der Waals surface area contributed by atoms with Crippen molar-refractivity contribution in [1.82, 2.24) is 0 Å². The molecule has 0 radical (unpaired) electrons. The highest BCUT2D eigenvalue weighted by Crippen LogP contribution is 2.37. The van der Waals surface area contributed by atoms with Gasteiger partial charge in [0.1, 0.15) is 11.2 Å². The lowest BCUT2D eigenvalue weighted by atomic mass is 9.76. The van der Waals surface area contributed by atoms with Gasteiger partial charge in [0.05, 0.1) is 12.0 Å². The predicted molar refractivity (Wildman–Crippen MR) is 148 cm³/mol. The average Bonchev–Trinajstić information content (AvgIpc) is 2.91. The van der Waals surface area contributed by atoms with Gasteiger partial charge in [0.2, 0.25) is 0 Å². The molecular weight excluding hydrogens is 462 g/mol. The predicted octanol–water partition coefficient (Wildman–Crippen LogP) is 8.44. The molecule has 0 aromatic heterocycles. The van der Waals surface area contributed by atoms with E-state index in [0.717, 1.165) is 19.3 Å². The van der Waals surface area contributed by atoms with Gasteiger partial charge >= 0.3 is 11.9 Å². The summed E-state index contributed by atoms with van der Waals surface area (Å²) in [5, 5.41) is 19.1. The van der Waals surface area contributed by atoms with Gasteiger partial charge in [0, 0.05) is 12.0 Å². The largest absolute Gasteiger partial charge is 0.481 e. The van der Waals surface area contributed by atoms with Gasteiger partial charge in [-0.05, 0) is 12.5 Å². The number of allylic oxidation sites excluding steroid dienone is 2. The molecular formula is C32H45NO4. The number of benzene rings is 1. The highest BCUT2D eigenvalue weighted by Gasteiger charge is 2.33. The molecule has 0 aliphatic heterocycles. The molecule has 0 unspecified atom stereocenters. The summed E-state index contributed by atoms with van der Waals surface area (Å²) >= 11 is 0. The van der Waals surface area contributed by atoms with E-state index in [2.05, 4.69) is 13.0 Å². The van der Waals surface area contributed by atoms with Crippen LogP contribution in [0.1, 0.15) is 115 Å². The maximum Gasteiger partial charge on any atom is 0.314 e.